The maximum atomic E-state index is 11.9. The summed E-state index contributed by atoms with van der Waals surface area (Å²) in [5.41, 5.74) is 0. The lowest BCUT2D eigenvalue weighted by Crippen LogP contribution is -2.31. The SMILES string of the molecule is O=C(CCCCCCCCC(=O)OC1CCC([N+](=O)[O-])CC1)OC1CCC([N+](=O)[O-])CC1. The largest absolute Gasteiger partial charge is 0.462 e. The molecule has 0 aromatic carbocycles. The Kier molecular flexibility index (Phi) is 11.4. The predicted octanol–water partition coefficient (Wildman–Crippen LogP) is 4.37. The van der Waals surface area contributed by atoms with Gasteiger partial charge in [0, 0.05) is 48.4 Å². The van der Waals surface area contributed by atoms with Crippen LogP contribution in [0.2, 0.25) is 0 Å². The van der Waals surface area contributed by atoms with Crippen LogP contribution in [0.1, 0.15) is 103 Å². The third-order valence-corrected chi connectivity index (χ3v) is 6.49. The highest BCUT2D eigenvalue weighted by Crippen LogP contribution is 2.24. The number of nitro groups is 2. The highest BCUT2D eigenvalue weighted by molar-refractivity contribution is 5.69. The van der Waals surface area contributed by atoms with E-state index < -0.39 is 12.1 Å². The van der Waals surface area contributed by atoms with E-state index >= 15 is 0 Å². The van der Waals surface area contributed by atoms with Crippen LogP contribution >= 0.6 is 0 Å². The molecule has 2 saturated carbocycles. The molecule has 0 saturated heterocycles. The number of carbonyl (C=O) groups is 2. The van der Waals surface area contributed by atoms with Gasteiger partial charge in [-0.3, -0.25) is 29.8 Å². The van der Waals surface area contributed by atoms with Crippen LogP contribution in [-0.4, -0.2) is 46.1 Å². The fraction of sp³-hybridized carbons (Fsp3) is 0.909. The number of carbonyl (C=O) groups excluding carboxylic acids is 2. The molecule has 0 amide bonds. The fourth-order valence-corrected chi connectivity index (χ4v) is 4.48. The molecule has 0 unspecified atom stereocenters. The average molecular weight is 457 g/mol. The molecule has 10 heteroatoms. The smallest absolute Gasteiger partial charge is 0.306 e. The van der Waals surface area contributed by atoms with Crippen LogP contribution in [0, 0.1) is 20.2 Å². The van der Waals surface area contributed by atoms with E-state index in [1.54, 1.807) is 0 Å². The molecule has 32 heavy (non-hydrogen) atoms. The Bertz CT molecular complexity index is 571. The molecule has 182 valence electrons. The minimum atomic E-state index is -0.498. The van der Waals surface area contributed by atoms with E-state index in [9.17, 15) is 29.8 Å². The van der Waals surface area contributed by atoms with Crippen LogP contribution in [-0.2, 0) is 19.1 Å². The van der Waals surface area contributed by atoms with E-state index in [-0.39, 0.29) is 34.0 Å². The Morgan fingerprint density at radius 1 is 0.594 bits per heavy atom. The Morgan fingerprint density at radius 2 is 0.906 bits per heavy atom. The van der Waals surface area contributed by atoms with Crippen molar-refractivity contribution in [3.05, 3.63) is 20.2 Å². The number of rotatable bonds is 13. The monoisotopic (exact) mass is 456 g/mol. The number of nitrogens with zero attached hydrogens (tertiary/aromatic N) is 2. The quantitative estimate of drug-likeness (QED) is 0.172. The summed E-state index contributed by atoms with van der Waals surface area (Å²) in [6.07, 6.45) is 9.91. The molecule has 0 aromatic rings. The van der Waals surface area contributed by atoms with Crippen molar-refractivity contribution in [2.24, 2.45) is 0 Å². The first-order valence-electron chi connectivity index (χ1n) is 12.0. The van der Waals surface area contributed by atoms with Gasteiger partial charge < -0.3 is 9.47 Å². The summed E-state index contributed by atoms with van der Waals surface area (Å²) in [6, 6.07) is -0.995. The standard InChI is InChI=1S/C22H36N2O8/c25-21(31-19-13-9-17(10-14-19)23(27)28)7-5-3-1-2-4-6-8-22(26)32-20-15-11-18(12-16-20)24(29)30/h17-20H,1-16H2. The summed E-state index contributed by atoms with van der Waals surface area (Å²) in [6.45, 7) is 0. The van der Waals surface area contributed by atoms with Gasteiger partial charge in [-0.1, -0.05) is 25.7 Å². The molecular formula is C22H36N2O8. The second kappa shape index (κ2) is 14.0. The van der Waals surface area contributed by atoms with E-state index in [1.165, 1.54) is 0 Å². The van der Waals surface area contributed by atoms with Crippen LogP contribution in [0.3, 0.4) is 0 Å². The van der Waals surface area contributed by atoms with Crippen LogP contribution in [0.5, 0.6) is 0 Å². The van der Waals surface area contributed by atoms with Crippen molar-refractivity contribution in [2.75, 3.05) is 0 Å². The highest BCUT2D eigenvalue weighted by atomic mass is 16.6. The molecular weight excluding hydrogens is 420 g/mol. The molecule has 10 nitrogen and oxygen atoms in total. The molecule has 0 radical (unpaired) electrons. The van der Waals surface area contributed by atoms with E-state index in [2.05, 4.69) is 0 Å². The van der Waals surface area contributed by atoms with E-state index in [0.717, 1.165) is 38.5 Å². The van der Waals surface area contributed by atoms with Gasteiger partial charge in [0.2, 0.25) is 12.1 Å². The van der Waals surface area contributed by atoms with Crippen LogP contribution in [0.4, 0.5) is 0 Å². The fourth-order valence-electron chi connectivity index (χ4n) is 4.48. The lowest BCUT2D eigenvalue weighted by Gasteiger charge is -2.24. The lowest BCUT2D eigenvalue weighted by atomic mass is 9.93. The maximum absolute atomic E-state index is 11.9. The van der Waals surface area contributed by atoms with Gasteiger partial charge in [-0.05, 0) is 38.5 Å². The Labute approximate surface area is 188 Å². The van der Waals surface area contributed by atoms with E-state index in [0.29, 0.717) is 64.2 Å². The zero-order valence-corrected chi connectivity index (χ0v) is 18.8. The number of esters is 2. The molecule has 0 aliphatic heterocycles. The van der Waals surface area contributed by atoms with E-state index in [4.69, 9.17) is 9.47 Å². The highest BCUT2D eigenvalue weighted by Gasteiger charge is 2.31. The van der Waals surface area contributed by atoms with Crippen molar-refractivity contribution in [1.29, 1.82) is 0 Å². The third kappa shape index (κ3) is 9.91. The predicted molar refractivity (Wildman–Crippen MR) is 115 cm³/mol. The first-order chi connectivity index (χ1) is 15.3. The summed E-state index contributed by atoms with van der Waals surface area (Å²) >= 11 is 0. The van der Waals surface area contributed by atoms with Crippen molar-refractivity contribution < 1.29 is 28.9 Å². The normalized spacial score (nSPS) is 25.6. The number of hydrogen-bond donors (Lipinski definition) is 0. The summed E-state index contributed by atoms with van der Waals surface area (Å²) in [4.78, 5) is 44.8. The zero-order chi connectivity index (χ0) is 23.3. The molecule has 2 fully saturated rings. The van der Waals surface area contributed by atoms with Crippen molar-refractivity contribution in [3.63, 3.8) is 0 Å². The Hall–Kier alpha value is -2.26. The van der Waals surface area contributed by atoms with E-state index in [1.807, 2.05) is 0 Å². The maximum Gasteiger partial charge on any atom is 0.306 e. The summed E-state index contributed by atoms with van der Waals surface area (Å²) < 4.78 is 10.8. The van der Waals surface area contributed by atoms with Crippen LogP contribution < -0.4 is 0 Å². The minimum absolute atomic E-state index is 0.179. The average Bonchev–Trinajstić information content (AvgIpc) is 2.76. The van der Waals surface area contributed by atoms with Crippen molar-refractivity contribution >= 4 is 11.9 Å². The first-order valence-corrected chi connectivity index (χ1v) is 12.0. The molecule has 2 aliphatic rings. The number of unbranched alkanes of at least 4 members (excludes halogenated alkanes) is 5. The van der Waals surface area contributed by atoms with Gasteiger partial charge in [0.1, 0.15) is 12.2 Å². The van der Waals surface area contributed by atoms with Gasteiger partial charge in [0.05, 0.1) is 0 Å². The van der Waals surface area contributed by atoms with Gasteiger partial charge in [0.25, 0.3) is 0 Å². The van der Waals surface area contributed by atoms with Crippen LogP contribution in [0.15, 0.2) is 0 Å². The Morgan fingerprint density at radius 3 is 1.22 bits per heavy atom. The molecule has 0 atom stereocenters. The van der Waals surface area contributed by atoms with Gasteiger partial charge in [-0.2, -0.15) is 0 Å². The number of hydrogen-bond acceptors (Lipinski definition) is 8. The molecule has 2 rings (SSSR count). The van der Waals surface area contributed by atoms with Crippen molar-refractivity contribution in [3.8, 4) is 0 Å². The first kappa shape index (κ1) is 26.0. The number of ether oxygens (including phenoxy) is 2. The van der Waals surface area contributed by atoms with Gasteiger partial charge >= 0.3 is 11.9 Å². The minimum Gasteiger partial charge on any atom is -0.462 e. The second-order valence-electron chi connectivity index (χ2n) is 9.03. The molecule has 0 spiro atoms. The topological polar surface area (TPSA) is 139 Å². The van der Waals surface area contributed by atoms with Crippen molar-refractivity contribution in [2.45, 2.75) is 127 Å². The summed E-state index contributed by atoms with van der Waals surface area (Å²) in [7, 11) is 0. The summed E-state index contributed by atoms with van der Waals surface area (Å²) in [5, 5.41) is 21.5. The molecule has 0 heterocycles. The lowest BCUT2D eigenvalue weighted by molar-refractivity contribution is -0.527. The van der Waals surface area contributed by atoms with Gasteiger partial charge in [-0.25, -0.2) is 0 Å². The van der Waals surface area contributed by atoms with Gasteiger partial charge in [-0.15, -0.1) is 0 Å². The molecule has 0 N–H and O–H groups in total. The van der Waals surface area contributed by atoms with Gasteiger partial charge in [0.15, 0.2) is 0 Å². The second-order valence-corrected chi connectivity index (χ2v) is 9.03. The molecule has 2 aliphatic carbocycles. The van der Waals surface area contributed by atoms with Crippen LogP contribution in [0.25, 0.3) is 0 Å². The Balaban J connectivity index is 1.40. The molecule has 0 aromatic heterocycles. The third-order valence-electron chi connectivity index (χ3n) is 6.49. The van der Waals surface area contributed by atoms with Crippen molar-refractivity contribution in [1.82, 2.24) is 0 Å². The summed E-state index contributed by atoms with van der Waals surface area (Å²) in [5.74, 6) is -0.436. The molecule has 0 bridgehead atoms. The zero-order valence-electron chi connectivity index (χ0n) is 18.8.